The van der Waals surface area contributed by atoms with E-state index in [9.17, 15) is 9.59 Å². The van der Waals surface area contributed by atoms with Crippen LogP contribution in [0.25, 0.3) is 0 Å². The van der Waals surface area contributed by atoms with E-state index in [-0.39, 0.29) is 21.3 Å². The number of halogens is 2. The molecule has 0 atom stereocenters. The Morgan fingerprint density at radius 1 is 1.28 bits per heavy atom. The van der Waals surface area contributed by atoms with Crippen molar-refractivity contribution in [3.05, 3.63) is 27.7 Å². The van der Waals surface area contributed by atoms with E-state index in [0.29, 0.717) is 0 Å². The van der Waals surface area contributed by atoms with Gasteiger partial charge >= 0.3 is 0 Å². The lowest BCUT2D eigenvalue weighted by molar-refractivity contribution is -0.122. The van der Waals surface area contributed by atoms with E-state index < -0.39 is 17.4 Å². The lowest BCUT2D eigenvalue weighted by atomic mass is 10.0. The zero-order valence-electron chi connectivity index (χ0n) is 9.88. The predicted molar refractivity (Wildman–Crippen MR) is 71.6 cm³/mol. The van der Waals surface area contributed by atoms with Crippen molar-refractivity contribution >= 4 is 40.7 Å². The summed E-state index contributed by atoms with van der Waals surface area (Å²) in [5, 5.41) is 2.82. The number of hydrogen-bond acceptors (Lipinski definition) is 3. The predicted octanol–water partition coefficient (Wildman–Crippen LogP) is 1.57. The van der Waals surface area contributed by atoms with Gasteiger partial charge in [-0.15, -0.1) is 0 Å². The molecule has 1 aromatic carbocycles. The SMILES string of the molecule is CC(C)(NC(=O)c1cc(N)c(Cl)c(Cl)c1)C(N)=O. The first-order valence-electron chi connectivity index (χ1n) is 5.02. The Morgan fingerprint density at radius 3 is 2.28 bits per heavy atom. The van der Waals surface area contributed by atoms with Crippen molar-refractivity contribution < 1.29 is 9.59 Å². The summed E-state index contributed by atoms with van der Waals surface area (Å²) >= 11 is 11.6. The molecular weight excluding hydrogens is 277 g/mol. The van der Waals surface area contributed by atoms with Gasteiger partial charge in [-0.25, -0.2) is 0 Å². The molecule has 7 heteroatoms. The maximum atomic E-state index is 11.9. The van der Waals surface area contributed by atoms with Gasteiger partial charge in [0.05, 0.1) is 15.7 Å². The number of carbonyl (C=O) groups excluding carboxylic acids is 2. The minimum atomic E-state index is -1.17. The Hall–Kier alpha value is -1.46. The van der Waals surface area contributed by atoms with Crippen LogP contribution in [0.5, 0.6) is 0 Å². The van der Waals surface area contributed by atoms with Gasteiger partial charge < -0.3 is 16.8 Å². The van der Waals surface area contributed by atoms with E-state index in [0.717, 1.165) is 0 Å². The zero-order valence-corrected chi connectivity index (χ0v) is 11.4. The summed E-state index contributed by atoms with van der Waals surface area (Å²) in [5.74, 6) is -1.16. The summed E-state index contributed by atoms with van der Waals surface area (Å²) in [6.45, 7) is 2.99. The number of benzene rings is 1. The van der Waals surface area contributed by atoms with Gasteiger partial charge in [0, 0.05) is 5.56 Å². The molecule has 0 fully saturated rings. The number of nitrogens with one attached hydrogen (secondary N) is 1. The fourth-order valence-corrected chi connectivity index (χ4v) is 1.49. The second kappa shape index (κ2) is 5.04. The topological polar surface area (TPSA) is 98.2 Å². The molecule has 0 radical (unpaired) electrons. The number of nitrogens with two attached hydrogens (primary N) is 2. The molecule has 0 bridgehead atoms. The molecule has 0 saturated heterocycles. The van der Waals surface area contributed by atoms with Gasteiger partial charge in [-0.05, 0) is 26.0 Å². The molecule has 0 aliphatic carbocycles. The largest absolute Gasteiger partial charge is 0.397 e. The molecule has 0 unspecified atom stereocenters. The fourth-order valence-electron chi connectivity index (χ4n) is 1.16. The molecule has 2 amide bonds. The number of rotatable bonds is 3. The summed E-state index contributed by atoms with van der Waals surface area (Å²) in [6, 6.07) is 2.74. The van der Waals surface area contributed by atoms with Crippen molar-refractivity contribution in [1.82, 2.24) is 5.32 Å². The van der Waals surface area contributed by atoms with Crippen LogP contribution in [0.15, 0.2) is 12.1 Å². The lowest BCUT2D eigenvalue weighted by Gasteiger charge is -2.22. The monoisotopic (exact) mass is 289 g/mol. The first-order valence-corrected chi connectivity index (χ1v) is 5.77. The molecule has 0 aliphatic rings. The van der Waals surface area contributed by atoms with Crippen LogP contribution >= 0.6 is 23.2 Å². The Bertz CT molecular complexity index is 492. The van der Waals surface area contributed by atoms with Crippen LogP contribution in [0, 0.1) is 0 Å². The first kappa shape index (κ1) is 14.6. The summed E-state index contributed by atoms with van der Waals surface area (Å²) in [6.07, 6.45) is 0. The first-order chi connectivity index (χ1) is 8.15. The van der Waals surface area contributed by atoms with Crippen LogP contribution in [0.3, 0.4) is 0 Å². The molecular formula is C11H13Cl2N3O2. The standard InChI is InChI=1S/C11H13Cl2N3O2/c1-11(2,10(15)18)16-9(17)5-3-6(12)8(13)7(14)4-5/h3-4H,14H2,1-2H3,(H2,15,18)(H,16,17). The van der Waals surface area contributed by atoms with Gasteiger partial charge in [0.1, 0.15) is 5.54 Å². The quantitative estimate of drug-likeness (QED) is 0.737. The maximum absolute atomic E-state index is 11.9. The van der Waals surface area contributed by atoms with Crippen molar-refractivity contribution in [3.8, 4) is 0 Å². The number of nitrogen functional groups attached to an aromatic ring is 1. The third-order valence-corrected chi connectivity index (χ3v) is 3.18. The fraction of sp³-hybridized carbons (Fsp3) is 0.273. The van der Waals surface area contributed by atoms with Gasteiger partial charge in [-0.3, -0.25) is 9.59 Å². The second-order valence-corrected chi connectivity index (χ2v) is 5.09. The molecule has 1 rings (SSSR count). The van der Waals surface area contributed by atoms with Crippen LogP contribution in [-0.4, -0.2) is 17.4 Å². The molecule has 18 heavy (non-hydrogen) atoms. The molecule has 0 heterocycles. The van der Waals surface area contributed by atoms with E-state index >= 15 is 0 Å². The average Bonchev–Trinajstić information content (AvgIpc) is 2.24. The van der Waals surface area contributed by atoms with Gasteiger partial charge in [0.15, 0.2) is 0 Å². The van der Waals surface area contributed by atoms with Crippen LogP contribution in [0.1, 0.15) is 24.2 Å². The third-order valence-electron chi connectivity index (χ3n) is 2.36. The summed E-state index contributed by atoms with van der Waals surface area (Å²) in [5.41, 5.74) is 9.97. The lowest BCUT2D eigenvalue weighted by Crippen LogP contribution is -2.53. The van der Waals surface area contributed by atoms with Crippen molar-refractivity contribution in [2.45, 2.75) is 19.4 Å². The number of anilines is 1. The Balaban J connectivity index is 3.03. The van der Waals surface area contributed by atoms with Crippen LogP contribution in [0.2, 0.25) is 10.0 Å². The summed E-state index contributed by atoms with van der Waals surface area (Å²) in [7, 11) is 0. The molecule has 0 spiro atoms. The molecule has 1 aromatic rings. The Morgan fingerprint density at radius 2 is 1.83 bits per heavy atom. The minimum absolute atomic E-state index is 0.165. The van der Waals surface area contributed by atoms with Gasteiger partial charge in [0.25, 0.3) is 5.91 Å². The van der Waals surface area contributed by atoms with E-state index in [1.54, 1.807) is 0 Å². The molecule has 0 aliphatic heterocycles. The Kier molecular flexibility index (Phi) is 4.09. The van der Waals surface area contributed by atoms with E-state index in [2.05, 4.69) is 5.32 Å². The van der Waals surface area contributed by atoms with Crippen LogP contribution < -0.4 is 16.8 Å². The molecule has 98 valence electrons. The highest BCUT2D eigenvalue weighted by atomic mass is 35.5. The minimum Gasteiger partial charge on any atom is -0.397 e. The highest BCUT2D eigenvalue weighted by Gasteiger charge is 2.27. The number of carbonyl (C=O) groups is 2. The summed E-state index contributed by atoms with van der Waals surface area (Å²) in [4.78, 5) is 23.0. The van der Waals surface area contributed by atoms with E-state index in [1.807, 2.05) is 0 Å². The highest BCUT2D eigenvalue weighted by molar-refractivity contribution is 6.43. The van der Waals surface area contributed by atoms with Crippen molar-refractivity contribution in [1.29, 1.82) is 0 Å². The maximum Gasteiger partial charge on any atom is 0.252 e. The number of amides is 2. The highest BCUT2D eigenvalue weighted by Crippen LogP contribution is 2.29. The van der Waals surface area contributed by atoms with Crippen molar-refractivity contribution in [2.24, 2.45) is 5.73 Å². The molecule has 0 aromatic heterocycles. The number of hydrogen-bond donors (Lipinski definition) is 3. The van der Waals surface area contributed by atoms with Crippen LogP contribution in [0.4, 0.5) is 5.69 Å². The van der Waals surface area contributed by atoms with Crippen molar-refractivity contribution in [2.75, 3.05) is 5.73 Å². The Labute approximate surface area is 114 Å². The van der Waals surface area contributed by atoms with Gasteiger partial charge in [-0.2, -0.15) is 0 Å². The third kappa shape index (κ3) is 3.05. The van der Waals surface area contributed by atoms with Crippen LogP contribution in [-0.2, 0) is 4.79 Å². The summed E-state index contributed by atoms with van der Waals surface area (Å²) < 4.78 is 0. The smallest absolute Gasteiger partial charge is 0.252 e. The van der Waals surface area contributed by atoms with E-state index in [1.165, 1.54) is 26.0 Å². The average molecular weight is 290 g/mol. The number of primary amides is 1. The van der Waals surface area contributed by atoms with Crippen molar-refractivity contribution in [3.63, 3.8) is 0 Å². The normalized spacial score (nSPS) is 11.1. The molecule has 5 N–H and O–H groups in total. The second-order valence-electron chi connectivity index (χ2n) is 4.30. The molecule has 0 saturated carbocycles. The molecule has 5 nitrogen and oxygen atoms in total. The van der Waals surface area contributed by atoms with E-state index in [4.69, 9.17) is 34.7 Å². The van der Waals surface area contributed by atoms with Gasteiger partial charge in [0.2, 0.25) is 5.91 Å². The van der Waals surface area contributed by atoms with Gasteiger partial charge in [-0.1, -0.05) is 23.2 Å². The zero-order chi connectivity index (χ0) is 14.1.